The average Bonchev–Trinajstić information content (AvgIpc) is 2.97. The van der Waals surface area contributed by atoms with Gasteiger partial charge >= 0.3 is 0 Å². The summed E-state index contributed by atoms with van der Waals surface area (Å²) in [7, 11) is 0. The van der Waals surface area contributed by atoms with Crippen molar-refractivity contribution >= 4 is 10.9 Å². The highest BCUT2D eigenvalue weighted by Crippen LogP contribution is 2.63. The standard InChI is InChI=1S/C34H24N2O/c37-31-29-23-13-14-24-30(29)35-32-33(25-15-5-1-6-16-25,26-17-7-2-8-18-26)34(36(31)32,27-19-9-3-10-20-27)28-21-11-4-12-22-28/h1-24H. The number of nitrogens with zero attached hydrogens (tertiary/aromatic N) is 2. The van der Waals surface area contributed by atoms with Crippen molar-refractivity contribution in [2.24, 2.45) is 0 Å². The molecule has 1 aliphatic rings. The van der Waals surface area contributed by atoms with Gasteiger partial charge in [0.05, 0.1) is 10.9 Å². The molecule has 0 saturated heterocycles. The molecule has 3 nitrogen and oxygen atoms in total. The van der Waals surface area contributed by atoms with E-state index in [0.717, 1.165) is 28.1 Å². The van der Waals surface area contributed by atoms with E-state index >= 15 is 0 Å². The summed E-state index contributed by atoms with van der Waals surface area (Å²) in [6, 6.07) is 49.5. The normalized spacial score (nSPS) is 15.0. The Labute approximate surface area is 215 Å². The van der Waals surface area contributed by atoms with Crippen LogP contribution in [0.1, 0.15) is 28.1 Å². The highest BCUT2D eigenvalue weighted by Gasteiger charge is 2.68. The SMILES string of the molecule is O=c1c2ccccc2nc2n1C(c1ccccc1)(c1ccccc1)C2(c1ccccc1)c1ccccc1. The monoisotopic (exact) mass is 476 g/mol. The highest BCUT2D eigenvalue weighted by molar-refractivity contribution is 5.80. The van der Waals surface area contributed by atoms with Crippen molar-refractivity contribution in [1.29, 1.82) is 0 Å². The lowest BCUT2D eigenvalue weighted by Crippen LogP contribution is -2.70. The van der Waals surface area contributed by atoms with Gasteiger partial charge in [-0.25, -0.2) is 4.98 Å². The van der Waals surface area contributed by atoms with E-state index in [9.17, 15) is 4.79 Å². The fourth-order valence-electron chi connectivity index (χ4n) is 6.41. The van der Waals surface area contributed by atoms with E-state index in [2.05, 4.69) is 97.1 Å². The molecule has 0 radical (unpaired) electrons. The summed E-state index contributed by atoms with van der Waals surface area (Å²) in [6.45, 7) is 0. The summed E-state index contributed by atoms with van der Waals surface area (Å²) >= 11 is 0. The van der Waals surface area contributed by atoms with Gasteiger partial charge in [-0.15, -0.1) is 0 Å². The maximum absolute atomic E-state index is 14.4. The van der Waals surface area contributed by atoms with Crippen LogP contribution >= 0.6 is 0 Å². The largest absolute Gasteiger partial charge is 0.279 e. The van der Waals surface area contributed by atoms with Gasteiger partial charge in [0.1, 0.15) is 16.8 Å². The molecule has 0 N–H and O–H groups in total. The molecule has 3 heteroatoms. The number of aromatic nitrogens is 2. The van der Waals surface area contributed by atoms with E-state index in [4.69, 9.17) is 4.98 Å². The molecule has 1 aliphatic heterocycles. The van der Waals surface area contributed by atoms with Crippen LogP contribution in [-0.4, -0.2) is 9.55 Å². The topological polar surface area (TPSA) is 34.9 Å². The Balaban J connectivity index is 1.78. The van der Waals surface area contributed by atoms with Crippen LogP contribution in [0.5, 0.6) is 0 Å². The van der Waals surface area contributed by atoms with Crippen LogP contribution in [0.25, 0.3) is 10.9 Å². The van der Waals surface area contributed by atoms with Gasteiger partial charge in [0.25, 0.3) is 5.56 Å². The molecule has 0 spiro atoms. The van der Waals surface area contributed by atoms with E-state index in [1.54, 1.807) is 0 Å². The summed E-state index contributed by atoms with van der Waals surface area (Å²) in [5, 5.41) is 0.622. The van der Waals surface area contributed by atoms with E-state index in [1.165, 1.54) is 0 Å². The predicted molar refractivity (Wildman–Crippen MR) is 148 cm³/mol. The van der Waals surface area contributed by atoms with Gasteiger partial charge in [-0.1, -0.05) is 133 Å². The molecule has 0 saturated carbocycles. The minimum absolute atomic E-state index is 0.0317. The van der Waals surface area contributed by atoms with Gasteiger partial charge in [0.15, 0.2) is 0 Å². The van der Waals surface area contributed by atoms with Crippen LogP contribution in [0.3, 0.4) is 0 Å². The summed E-state index contributed by atoms with van der Waals surface area (Å²) < 4.78 is 1.94. The minimum atomic E-state index is -0.859. The lowest BCUT2D eigenvalue weighted by molar-refractivity contribution is 0.179. The zero-order valence-electron chi connectivity index (χ0n) is 20.2. The van der Waals surface area contributed by atoms with E-state index in [0.29, 0.717) is 10.9 Å². The fraction of sp³-hybridized carbons (Fsp3) is 0.0588. The number of rotatable bonds is 4. The van der Waals surface area contributed by atoms with Crippen LogP contribution in [0.4, 0.5) is 0 Å². The van der Waals surface area contributed by atoms with Crippen molar-refractivity contribution in [3.8, 4) is 0 Å². The van der Waals surface area contributed by atoms with Crippen molar-refractivity contribution in [3.05, 3.63) is 184 Å². The minimum Gasteiger partial charge on any atom is -0.279 e. The zero-order valence-corrected chi connectivity index (χ0v) is 20.2. The van der Waals surface area contributed by atoms with E-state index in [-0.39, 0.29) is 5.56 Å². The Morgan fingerprint density at radius 2 is 0.892 bits per heavy atom. The molecule has 0 aliphatic carbocycles. The van der Waals surface area contributed by atoms with Gasteiger partial charge in [0.2, 0.25) is 0 Å². The molecule has 0 amide bonds. The summed E-state index contributed by atoms with van der Waals surface area (Å²) in [6.07, 6.45) is 0. The molecular formula is C34H24N2O. The molecule has 1 aromatic heterocycles. The van der Waals surface area contributed by atoms with Crippen molar-refractivity contribution in [3.63, 3.8) is 0 Å². The third-order valence-electron chi connectivity index (χ3n) is 7.79. The van der Waals surface area contributed by atoms with Crippen LogP contribution in [0, 0.1) is 0 Å². The third kappa shape index (κ3) is 2.71. The Morgan fingerprint density at radius 3 is 1.38 bits per heavy atom. The summed E-state index contributed by atoms with van der Waals surface area (Å²) in [4.78, 5) is 19.7. The Morgan fingerprint density at radius 1 is 0.486 bits per heavy atom. The smallest absolute Gasteiger partial charge is 0.262 e. The number of para-hydroxylation sites is 1. The van der Waals surface area contributed by atoms with Gasteiger partial charge < -0.3 is 0 Å². The molecule has 176 valence electrons. The van der Waals surface area contributed by atoms with Crippen molar-refractivity contribution in [1.82, 2.24) is 9.55 Å². The van der Waals surface area contributed by atoms with Crippen molar-refractivity contribution in [2.45, 2.75) is 11.0 Å². The third-order valence-corrected chi connectivity index (χ3v) is 7.79. The molecule has 0 unspecified atom stereocenters. The van der Waals surface area contributed by atoms with Gasteiger partial charge in [0, 0.05) is 0 Å². The summed E-state index contributed by atoms with van der Waals surface area (Å²) in [5.41, 5.74) is 3.34. The Bertz CT molecular complexity index is 1700. The van der Waals surface area contributed by atoms with Crippen LogP contribution in [-0.2, 0) is 11.0 Å². The molecule has 7 rings (SSSR count). The molecule has 0 atom stereocenters. The molecule has 0 fully saturated rings. The first kappa shape index (κ1) is 21.5. The number of benzene rings is 5. The molecule has 6 aromatic rings. The first-order valence-corrected chi connectivity index (χ1v) is 12.5. The van der Waals surface area contributed by atoms with Gasteiger partial charge in [-0.05, 0) is 34.4 Å². The Kier molecular flexibility index (Phi) is 4.73. The second-order valence-electron chi connectivity index (χ2n) is 9.52. The predicted octanol–water partition coefficient (Wildman–Crippen LogP) is 6.54. The first-order chi connectivity index (χ1) is 18.3. The average molecular weight is 477 g/mol. The maximum atomic E-state index is 14.4. The van der Waals surface area contributed by atoms with E-state index in [1.807, 2.05) is 53.1 Å². The van der Waals surface area contributed by atoms with Crippen LogP contribution in [0.15, 0.2) is 150 Å². The molecule has 2 heterocycles. The molecule has 5 aromatic carbocycles. The van der Waals surface area contributed by atoms with Crippen molar-refractivity contribution < 1.29 is 0 Å². The highest BCUT2D eigenvalue weighted by atomic mass is 16.1. The van der Waals surface area contributed by atoms with Gasteiger partial charge in [-0.2, -0.15) is 0 Å². The van der Waals surface area contributed by atoms with Crippen LogP contribution < -0.4 is 5.56 Å². The molecular weight excluding hydrogens is 452 g/mol. The fourth-order valence-corrected chi connectivity index (χ4v) is 6.41. The lowest BCUT2D eigenvalue weighted by atomic mass is 9.50. The quantitative estimate of drug-likeness (QED) is 0.290. The number of hydrogen-bond donors (Lipinski definition) is 0. The summed E-state index contributed by atoms with van der Waals surface area (Å²) in [5.74, 6) is 0.751. The maximum Gasteiger partial charge on any atom is 0.262 e. The van der Waals surface area contributed by atoms with Crippen LogP contribution in [0.2, 0.25) is 0 Å². The first-order valence-electron chi connectivity index (χ1n) is 12.5. The van der Waals surface area contributed by atoms with Gasteiger partial charge in [-0.3, -0.25) is 9.36 Å². The lowest BCUT2D eigenvalue weighted by Gasteiger charge is -2.61. The Hall–Kier alpha value is -4.76. The zero-order chi connectivity index (χ0) is 24.9. The second kappa shape index (κ2) is 8.14. The number of hydrogen-bond acceptors (Lipinski definition) is 2. The number of fused-ring (bicyclic) bond motifs is 2. The molecule has 0 bridgehead atoms. The van der Waals surface area contributed by atoms with E-state index < -0.39 is 11.0 Å². The van der Waals surface area contributed by atoms with Crippen molar-refractivity contribution in [2.75, 3.05) is 0 Å². The second-order valence-corrected chi connectivity index (χ2v) is 9.52. The molecule has 37 heavy (non-hydrogen) atoms.